The van der Waals surface area contributed by atoms with E-state index in [1.807, 2.05) is 31.3 Å². The quantitative estimate of drug-likeness (QED) is 0.708. The molecule has 0 saturated carbocycles. The summed E-state index contributed by atoms with van der Waals surface area (Å²) in [7, 11) is 1.86. The van der Waals surface area contributed by atoms with Crippen LogP contribution in [0, 0.1) is 11.8 Å². The van der Waals surface area contributed by atoms with Gasteiger partial charge in [0.05, 0.1) is 13.2 Å². The zero-order valence-electron chi connectivity index (χ0n) is 8.79. The zero-order chi connectivity index (χ0) is 10.9. The molecule has 1 aromatic carbocycles. The fourth-order valence-electron chi connectivity index (χ4n) is 1.03. The summed E-state index contributed by atoms with van der Waals surface area (Å²) in [6.45, 7) is 1.04. The van der Waals surface area contributed by atoms with Crippen molar-refractivity contribution in [1.82, 2.24) is 5.32 Å². The Labute approximate surface area is 90.1 Å². The Morgan fingerprint density at radius 2 is 2.07 bits per heavy atom. The summed E-state index contributed by atoms with van der Waals surface area (Å²) < 4.78 is 5.23. The number of aliphatic hydroxyl groups is 1. The molecule has 0 saturated heterocycles. The number of hydrogen-bond donors (Lipinski definition) is 2. The minimum Gasteiger partial charge on any atom is -0.491 e. The first-order valence-corrected chi connectivity index (χ1v) is 4.84. The van der Waals surface area contributed by atoms with Crippen molar-refractivity contribution in [3.05, 3.63) is 29.8 Å². The lowest BCUT2D eigenvalue weighted by Gasteiger charge is -2.02. The lowest BCUT2D eigenvalue weighted by atomic mass is 10.2. The minimum absolute atomic E-state index is 0.0315. The van der Waals surface area contributed by atoms with E-state index in [0.717, 1.165) is 11.3 Å². The first kappa shape index (κ1) is 11.6. The third-order valence-electron chi connectivity index (χ3n) is 1.71. The van der Waals surface area contributed by atoms with Gasteiger partial charge >= 0.3 is 0 Å². The average Bonchev–Trinajstić information content (AvgIpc) is 2.28. The topological polar surface area (TPSA) is 41.5 Å². The van der Waals surface area contributed by atoms with Gasteiger partial charge in [-0.15, -0.1) is 0 Å². The summed E-state index contributed by atoms with van der Waals surface area (Å²) in [5.74, 6) is 6.74. The van der Waals surface area contributed by atoms with Gasteiger partial charge in [0.15, 0.2) is 0 Å². The molecule has 15 heavy (non-hydrogen) atoms. The van der Waals surface area contributed by atoms with Crippen molar-refractivity contribution < 1.29 is 9.84 Å². The normalized spacial score (nSPS) is 9.20. The monoisotopic (exact) mass is 205 g/mol. The van der Waals surface area contributed by atoms with Crippen LogP contribution in [0.15, 0.2) is 24.3 Å². The van der Waals surface area contributed by atoms with Crippen LogP contribution in [0.25, 0.3) is 0 Å². The van der Waals surface area contributed by atoms with Crippen LogP contribution in [0.2, 0.25) is 0 Å². The Balaban J connectivity index is 2.53. The second-order valence-corrected chi connectivity index (χ2v) is 2.93. The molecule has 0 atom stereocenters. The molecule has 3 heteroatoms. The van der Waals surface area contributed by atoms with E-state index in [2.05, 4.69) is 17.2 Å². The van der Waals surface area contributed by atoms with Crippen molar-refractivity contribution in [3.63, 3.8) is 0 Å². The summed E-state index contributed by atoms with van der Waals surface area (Å²) in [4.78, 5) is 0. The van der Waals surface area contributed by atoms with E-state index in [-0.39, 0.29) is 6.61 Å². The number of ether oxygens (including phenoxy) is 1. The Morgan fingerprint density at radius 1 is 1.33 bits per heavy atom. The first-order valence-electron chi connectivity index (χ1n) is 4.84. The molecule has 0 aromatic heterocycles. The van der Waals surface area contributed by atoms with Gasteiger partial charge in [-0.3, -0.25) is 0 Å². The van der Waals surface area contributed by atoms with Gasteiger partial charge in [-0.25, -0.2) is 0 Å². The Kier molecular flexibility index (Phi) is 5.31. The molecular weight excluding hydrogens is 190 g/mol. The third-order valence-corrected chi connectivity index (χ3v) is 1.71. The summed E-state index contributed by atoms with van der Waals surface area (Å²) in [5, 5.41) is 11.5. The van der Waals surface area contributed by atoms with E-state index in [9.17, 15) is 0 Å². The second-order valence-electron chi connectivity index (χ2n) is 2.93. The number of aliphatic hydroxyl groups excluding tert-OH is 1. The number of nitrogens with one attached hydrogen (secondary N) is 1. The Bertz CT molecular complexity index is 335. The largest absolute Gasteiger partial charge is 0.491 e. The highest BCUT2D eigenvalue weighted by atomic mass is 16.5. The summed E-state index contributed by atoms with van der Waals surface area (Å²) in [6.07, 6.45) is 0. The molecule has 80 valence electrons. The molecule has 0 radical (unpaired) electrons. The van der Waals surface area contributed by atoms with Gasteiger partial charge in [0, 0.05) is 5.56 Å². The maximum Gasteiger partial charge on any atom is 0.119 e. The third kappa shape index (κ3) is 4.50. The SMILES string of the molecule is CNCC#Cc1ccc(OCCO)cc1. The van der Waals surface area contributed by atoms with Crippen LogP contribution in [0.5, 0.6) is 5.75 Å². The van der Waals surface area contributed by atoms with Crippen LogP contribution in [-0.4, -0.2) is 31.9 Å². The minimum atomic E-state index is 0.0315. The van der Waals surface area contributed by atoms with Crippen molar-refractivity contribution in [1.29, 1.82) is 0 Å². The fraction of sp³-hybridized carbons (Fsp3) is 0.333. The van der Waals surface area contributed by atoms with Gasteiger partial charge in [-0.2, -0.15) is 0 Å². The van der Waals surface area contributed by atoms with Gasteiger partial charge in [-0.1, -0.05) is 11.8 Å². The van der Waals surface area contributed by atoms with E-state index in [1.54, 1.807) is 0 Å². The lowest BCUT2D eigenvalue weighted by molar-refractivity contribution is 0.201. The average molecular weight is 205 g/mol. The first-order chi connectivity index (χ1) is 7.36. The molecule has 1 aromatic rings. The number of hydrogen-bond acceptors (Lipinski definition) is 3. The lowest BCUT2D eigenvalue weighted by Crippen LogP contribution is -2.04. The van der Waals surface area contributed by atoms with Crippen molar-refractivity contribution in [3.8, 4) is 17.6 Å². The predicted molar refractivity (Wildman–Crippen MR) is 59.8 cm³/mol. The summed E-state index contributed by atoms with van der Waals surface area (Å²) >= 11 is 0. The molecule has 2 N–H and O–H groups in total. The molecule has 0 aliphatic carbocycles. The second kappa shape index (κ2) is 6.88. The molecular formula is C12H15NO2. The van der Waals surface area contributed by atoms with Gasteiger partial charge < -0.3 is 15.2 Å². The zero-order valence-corrected chi connectivity index (χ0v) is 8.79. The molecule has 3 nitrogen and oxygen atoms in total. The molecule has 0 fully saturated rings. The molecule has 0 aliphatic heterocycles. The summed E-state index contributed by atoms with van der Waals surface area (Å²) in [5.41, 5.74) is 0.960. The van der Waals surface area contributed by atoms with Crippen LogP contribution < -0.4 is 10.1 Å². The molecule has 0 amide bonds. The van der Waals surface area contributed by atoms with Crippen molar-refractivity contribution >= 4 is 0 Å². The van der Waals surface area contributed by atoms with E-state index in [1.165, 1.54) is 0 Å². The standard InChI is InChI=1S/C12H15NO2/c1-13-8-2-3-11-4-6-12(7-5-11)15-10-9-14/h4-7,13-14H,8-10H2,1H3. The highest BCUT2D eigenvalue weighted by Crippen LogP contribution is 2.10. The molecule has 0 spiro atoms. The molecule has 0 unspecified atom stereocenters. The van der Waals surface area contributed by atoms with E-state index in [4.69, 9.17) is 9.84 Å². The molecule has 0 heterocycles. The van der Waals surface area contributed by atoms with Gasteiger partial charge in [0.25, 0.3) is 0 Å². The highest BCUT2D eigenvalue weighted by molar-refractivity contribution is 5.38. The van der Waals surface area contributed by atoms with Crippen LogP contribution in [0.4, 0.5) is 0 Å². The van der Waals surface area contributed by atoms with E-state index >= 15 is 0 Å². The summed E-state index contributed by atoms with van der Waals surface area (Å²) in [6, 6.07) is 7.49. The molecule has 1 rings (SSSR count). The molecule has 0 aliphatic rings. The van der Waals surface area contributed by atoms with Crippen LogP contribution >= 0.6 is 0 Å². The van der Waals surface area contributed by atoms with E-state index in [0.29, 0.717) is 13.2 Å². The Hall–Kier alpha value is -1.50. The van der Waals surface area contributed by atoms with Crippen molar-refractivity contribution in [2.24, 2.45) is 0 Å². The van der Waals surface area contributed by atoms with Crippen molar-refractivity contribution in [2.75, 3.05) is 26.8 Å². The van der Waals surface area contributed by atoms with Gasteiger partial charge in [-0.05, 0) is 31.3 Å². The fourth-order valence-corrected chi connectivity index (χ4v) is 1.03. The molecule has 0 bridgehead atoms. The number of benzene rings is 1. The Morgan fingerprint density at radius 3 is 2.67 bits per heavy atom. The van der Waals surface area contributed by atoms with Crippen LogP contribution in [-0.2, 0) is 0 Å². The maximum absolute atomic E-state index is 8.57. The highest BCUT2D eigenvalue weighted by Gasteiger charge is 1.92. The number of rotatable bonds is 4. The predicted octanol–water partition coefficient (Wildman–Crippen LogP) is 0.629. The van der Waals surface area contributed by atoms with Gasteiger partial charge in [0.2, 0.25) is 0 Å². The smallest absolute Gasteiger partial charge is 0.119 e. The van der Waals surface area contributed by atoms with E-state index < -0.39 is 0 Å². The maximum atomic E-state index is 8.57. The van der Waals surface area contributed by atoms with Crippen LogP contribution in [0.1, 0.15) is 5.56 Å². The van der Waals surface area contributed by atoms with Gasteiger partial charge in [0.1, 0.15) is 12.4 Å². The van der Waals surface area contributed by atoms with Crippen molar-refractivity contribution in [2.45, 2.75) is 0 Å². The van der Waals surface area contributed by atoms with Crippen LogP contribution in [0.3, 0.4) is 0 Å².